The van der Waals surface area contributed by atoms with Crippen molar-refractivity contribution in [2.45, 2.75) is 46.0 Å². The van der Waals surface area contributed by atoms with Gasteiger partial charge in [-0.15, -0.1) is 0 Å². The number of benzene rings is 1. The number of anilines is 1. The van der Waals surface area contributed by atoms with Gasteiger partial charge in [-0.2, -0.15) is 5.10 Å². The highest BCUT2D eigenvalue weighted by molar-refractivity contribution is 5.92. The molecule has 1 aromatic carbocycles. The van der Waals surface area contributed by atoms with E-state index in [1.54, 1.807) is 0 Å². The minimum atomic E-state index is 0.0479. The second kappa shape index (κ2) is 8.48. The van der Waals surface area contributed by atoms with Crippen molar-refractivity contribution in [1.82, 2.24) is 9.78 Å². The molecule has 1 aromatic heterocycles. The zero-order valence-corrected chi connectivity index (χ0v) is 14.0. The van der Waals surface area contributed by atoms with Gasteiger partial charge in [0.1, 0.15) is 0 Å². The third-order valence-corrected chi connectivity index (χ3v) is 3.77. The Hall–Kier alpha value is -2.14. The predicted molar refractivity (Wildman–Crippen MR) is 93.8 cm³/mol. The summed E-state index contributed by atoms with van der Waals surface area (Å²) in [4.78, 5) is 12.2. The van der Waals surface area contributed by atoms with E-state index in [2.05, 4.69) is 10.4 Å². The lowest BCUT2D eigenvalue weighted by Gasteiger charge is -2.12. The summed E-state index contributed by atoms with van der Waals surface area (Å²) >= 11 is 0. The molecule has 0 radical (unpaired) electrons. The van der Waals surface area contributed by atoms with Crippen LogP contribution in [0.5, 0.6) is 0 Å². The number of amides is 1. The minimum Gasteiger partial charge on any atom is -0.330 e. The van der Waals surface area contributed by atoms with Crippen molar-refractivity contribution in [2.24, 2.45) is 5.73 Å². The number of carbonyl (C=O) groups is 1. The average molecular weight is 314 g/mol. The van der Waals surface area contributed by atoms with E-state index < -0.39 is 0 Å². The minimum absolute atomic E-state index is 0.0479. The molecule has 1 amide bonds. The summed E-state index contributed by atoms with van der Waals surface area (Å²) in [7, 11) is 0. The topological polar surface area (TPSA) is 72.9 Å². The molecule has 0 atom stereocenters. The van der Waals surface area contributed by atoms with Crippen LogP contribution in [0.1, 0.15) is 43.5 Å². The van der Waals surface area contributed by atoms with E-state index in [0.717, 1.165) is 55.0 Å². The molecule has 0 saturated heterocycles. The first-order valence-electron chi connectivity index (χ1n) is 8.24. The quantitative estimate of drug-likeness (QED) is 0.734. The number of carbonyl (C=O) groups excluding carboxylic acids is 1. The lowest BCUT2D eigenvalue weighted by Crippen LogP contribution is -2.14. The van der Waals surface area contributed by atoms with Gasteiger partial charge >= 0.3 is 0 Å². The Morgan fingerprint density at radius 2 is 1.91 bits per heavy atom. The molecule has 2 aromatic rings. The predicted octanol–water partition coefficient (Wildman–Crippen LogP) is 3.34. The van der Waals surface area contributed by atoms with Crippen molar-refractivity contribution >= 4 is 11.6 Å². The van der Waals surface area contributed by atoms with E-state index in [1.165, 1.54) is 0 Å². The lowest BCUT2D eigenvalue weighted by molar-refractivity contribution is -0.116. The molecule has 0 unspecified atom stereocenters. The molecule has 5 heteroatoms. The molecule has 0 fully saturated rings. The Morgan fingerprint density at radius 1 is 1.17 bits per heavy atom. The van der Waals surface area contributed by atoms with Crippen LogP contribution in [-0.2, 0) is 4.79 Å². The van der Waals surface area contributed by atoms with Crippen molar-refractivity contribution in [3.63, 3.8) is 0 Å². The van der Waals surface area contributed by atoms with Crippen LogP contribution in [0, 0.1) is 13.8 Å². The van der Waals surface area contributed by atoms with Crippen LogP contribution < -0.4 is 11.1 Å². The smallest absolute Gasteiger partial charge is 0.224 e. The molecule has 124 valence electrons. The summed E-state index contributed by atoms with van der Waals surface area (Å²) in [6, 6.07) is 9.78. The normalized spacial score (nSPS) is 10.7. The number of aryl methyl sites for hydroxylation is 2. The molecule has 0 bridgehead atoms. The van der Waals surface area contributed by atoms with E-state index in [4.69, 9.17) is 5.73 Å². The zero-order valence-electron chi connectivity index (χ0n) is 14.0. The summed E-state index contributed by atoms with van der Waals surface area (Å²) in [5.41, 5.74) is 9.17. The van der Waals surface area contributed by atoms with Gasteiger partial charge in [0.15, 0.2) is 0 Å². The Morgan fingerprint density at radius 3 is 2.61 bits per heavy atom. The van der Waals surface area contributed by atoms with Crippen molar-refractivity contribution in [3.05, 3.63) is 41.7 Å². The molecule has 2 rings (SSSR count). The van der Waals surface area contributed by atoms with Gasteiger partial charge in [0, 0.05) is 12.1 Å². The number of aromatic nitrogens is 2. The van der Waals surface area contributed by atoms with Gasteiger partial charge in [0.2, 0.25) is 5.91 Å². The maximum absolute atomic E-state index is 12.2. The number of nitrogens with one attached hydrogen (secondary N) is 1. The Kier molecular flexibility index (Phi) is 6.35. The molecule has 1 heterocycles. The second-order valence-electron chi connectivity index (χ2n) is 5.86. The maximum atomic E-state index is 12.2. The summed E-state index contributed by atoms with van der Waals surface area (Å²) < 4.78 is 1.87. The van der Waals surface area contributed by atoms with Crippen LogP contribution in [0.25, 0.3) is 5.69 Å². The van der Waals surface area contributed by atoms with Gasteiger partial charge in [-0.3, -0.25) is 4.79 Å². The molecule has 0 saturated carbocycles. The zero-order chi connectivity index (χ0) is 16.7. The highest BCUT2D eigenvalue weighted by Crippen LogP contribution is 2.22. The fourth-order valence-corrected chi connectivity index (χ4v) is 2.63. The first-order chi connectivity index (χ1) is 11.1. The first kappa shape index (κ1) is 17.2. The van der Waals surface area contributed by atoms with Gasteiger partial charge in [-0.1, -0.05) is 25.0 Å². The van der Waals surface area contributed by atoms with E-state index >= 15 is 0 Å². The van der Waals surface area contributed by atoms with Gasteiger partial charge < -0.3 is 11.1 Å². The standard InChI is InChI=1S/C18H26N4O/c1-14-13-15(2)22(21-14)17-10-7-6-9-16(17)20-18(23)11-5-3-4-8-12-19/h6-7,9-10,13H,3-5,8,11-12,19H2,1-2H3,(H,20,23). The number of hydrogen-bond acceptors (Lipinski definition) is 3. The number of hydrogen-bond donors (Lipinski definition) is 2. The highest BCUT2D eigenvalue weighted by Gasteiger charge is 2.10. The van der Waals surface area contributed by atoms with Crippen molar-refractivity contribution in [1.29, 1.82) is 0 Å². The highest BCUT2D eigenvalue weighted by atomic mass is 16.1. The summed E-state index contributed by atoms with van der Waals surface area (Å²) in [6.07, 6.45) is 4.60. The number of nitrogens with zero attached hydrogens (tertiary/aromatic N) is 2. The lowest BCUT2D eigenvalue weighted by atomic mass is 10.1. The second-order valence-corrected chi connectivity index (χ2v) is 5.86. The molecular formula is C18H26N4O. The van der Waals surface area contributed by atoms with E-state index in [9.17, 15) is 4.79 Å². The number of para-hydroxylation sites is 2. The number of unbranched alkanes of at least 4 members (excludes halogenated alkanes) is 3. The molecule has 23 heavy (non-hydrogen) atoms. The van der Waals surface area contributed by atoms with Crippen LogP contribution in [-0.4, -0.2) is 22.2 Å². The van der Waals surface area contributed by atoms with Crippen LogP contribution >= 0.6 is 0 Å². The van der Waals surface area contributed by atoms with E-state index in [1.807, 2.05) is 48.9 Å². The third-order valence-electron chi connectivity index (χ3n) is 3.77. The Bertz CT molecular complexity index is 648. The SMILES string of the molecule is Cc1cc(C)n(-c2ccccc2NC(=O)CCCCCCN)n1. The maximum Gasteiger partial charge on any atom is 0.224 e. The van der Waals surface area contributed by atoms with Crippen LogP contribution in [0.2, 0.25) is 0 Å². The fourth-order valence-electron chi connectivity index (χ4n) is 2.63. The van der Waals surface area contributed by atoms with Crippen LogP contribution in [0.3, 0.4) is 0 Å². The Labute approximate surface area is 137 Å². The summed E-state index contributed by atoms with van der Waals surface area (Å²) in [5, 5.41) is 7.51. The monoisotopic (exact) mass is 314 g/mol. The van der Waals surface area contributed by atoms with Crippen molar-refractivity contribution < 1.29 is 4.79 Å². The molecule has 0 aliphatic rings. The fraction of sp³-hybridized carbons (Fsp3) is 0.444. The molecule has 0 aliphatic heterocycles. The summed E-state index contributed by atoms with van der Waals surface area (Å²) in [5.74, 6) is 0.0479. The van der Waals surface area contributed by atoms with E-state index in [0.29, 0.717) is 6.42 Å². The first-order valence-corrected chi connectivity index (χ1v) is 8.24. The molecule has 0 spiro atoms. The largest absolute Gasteiger partial charge is 0.330 e. The van der Waals surface area contributed by atoms with Gasteiger partial charge in [0.05, 0.1) is 17.1 Å². The van der Waals surface area contributed by atoms with Crippen LogP contribution in [0.15, 0.2) is 30.3 Å². The van der Waals surface area contributed by atoms with E-state index in [-0.39, 0.29) is 5.91 Å². The van der Waals surface area contributed by atoms with Crippen LogP contribution in [0.4, 0.5) is 5.69 Å². The van der Waals surface area contributed by atoms with Gasteiger partial charge in [-0.05, 0) is 51.4 Å². The number of rotatable bonds is 8. The Balaban J connectivity index is 2.01. The average Bonchev–Trinajstić information content (AvgIpc) is 2.86. The summed E-state index contributed by atoms with van der Waals surface area (Å²) in [6.45, 7) is 4.70. The molecule has 5 nitrogen and oxygen atoms in total. The molecule has 3 N–H and O–H groups in total. The van der Waals surface area contributed by atoms with Gasteiger partial charge in [0.25, 0.3) is 0 Å². The molecular weight excluding hydrogens is 288 g/mol. The third kappa shape index (κ3) is 4.93. The van der Waals surface area contributed by atoms with Gasteiger partial charge in [-0.25, -0.2) is 4.68 Å². The van der Waals surface area contributed by atoms with Crippen molar-refractivity contribution in [3.8, 4) is 5.69 Å². The van der Waals surface area contributed by atoms with Crippen molar-refractivity contribution in [2.75, 3.05) is 11.9 Å². The molecule has 0 aliphatic carbocycles. The number of nitrogens with two attached hydrogens (primary N) is 1.